The van der Waals surface area contributed by atoms with Crippen LogP contribution in [0.15, 0.2) is 23.8 Å². The van der Waals surface area contributed by atoms with Gasteiger partial charge in [-0.15, -0.1) is 0 Å². The Morgan fingerprint density at radius 1 is 1.57 bits per heavy atom. The van der Waals surface area contributed by atoms with Crippen LogP contribution < -0.4 is 0 Å². The normalized spacial score (nSPS) is 26.3. The molecule has 0 spiro atoms. The number of ketones is 1. The molecule has 1 rings (SSSR count). The van der Waals surface area contributed by atoms with E-state index in [0.29, 0.717) is 0 Å². The molecule has 0 heterocycles. The van der Waals surface area contributed by atoms with Crippen molar-refractivity contribution in [3.05, 3.63) is 23.8 Å². The molecule has 0 aromatic heterocycles. The van der Waals surface area contributed by atoms with E-state index in [1.807, 2.05) is 13.0 Å². The zero-order chi connectivity index (χ0) is 10.8. The minimum Gasteiger partial charge on any atom is -0.294 e. The molecule has 14 heavy (non-hydrogen) atoms. The molecule has 1 heteroatoms. The minimum absolute atomic E-state index is 0.0902. The summed E-state index contributed by atoms with van der Waals surface area (Å²) in [6, 6.07) is 0. The maximum absolute atomic E-state index is 11.9. The first kappa shape index (κ1) is 11.2. The number of rotatable bonds is 2. The standard InChI is InChI=1S/C13H20O/c1-5-7-11(14)12-10(2)8-6-9-13(12,3)4/h5,7-8,12H,6,9H2,1-4H3/t12-/m0/s1. The van der Waals surface area contributed by atoms with Gasteiger partial charge >= 0.3 is 0 Å². The fourth-order valence-electron chi connectivity index (χ4n) is 2.42. The van der Waals surface area contributed by atoms with Crippen molar-refractivity contribution < 1.29 is 4.79 Å². The third kappa shape index (κ3) is 2.14. The van der Waals surface area contributed by atoms with E-state index >= 15 is 0 Å². The fourth-order valence-corrected chi connectivity index (χ4v) is 2.42. The number of hydrogen-bond acceptors (Lipinski definition) is 1. The van der Waals surface area contributed by atoms with Gasteiger partial charge in [-0.2, -0.15) is 0 Å². The lowest BCUT2D eigenvalue weighted by Crippen LogP contribution is -2.33. The number of carbonyl (C=O) groups is 1. The number of allylic oxidation sites excluding steroid dienone is 4. The second kappa shape index (κ2) is 4.12. The summed E-state index contributed by atoms with van der Waals surface area (Å²) < 4.78 is 0. The second-order valence-corrected chi connectivity index (χ2v) is 4.81. The number of carbonyl (C=O) groups excluding carboxylic acids is 1. The van der Waals surface area contributed by atoms with Crippen molar-refractivity contribution in [2.24, 2.45) is 11.3 Å². The quantitative estimate of drug-likeness (QED) is 0.483. The van der Waals surface area contributed by atoms with Gasteiger partial charge < -0.3 is 0 Å². The minimum atomic E-state index is 0.0902. The third-order valence-corrected chi connectivity index (χ3v) is 3.11. The largest absolute Gasteiger partial charge is 0.294 e. The molecule has 0 aromatic rings. The smallest absolute Gasteiger partial charge is 0.162 e. The van der Waals surface area contributed by atoms with Crippen LogP contribution >= 0.6 is 0 Å². The molecule has 0 aliphatic heterocycles. The van der Waals surface area contributed by atoms with Crippen molar-refractivity contribution in [1.82, 2.24) is 0 Å². The highest BCUT2D eigenvalue weighted by Crippen LogP contribution is 2.41. The first-order chi connectivity index (χ1) is 6.49. The Morgan fingerprint density at radius 2 is 2.21 bits per heavy atom. The average molecular weight is 192 g/mol. The molecule has 1 aliphatic rings. The van der Waals surface area contributed by atoms with Crippen molar-refractivity contribution in [3.63, 3.8) is 0 Å². The Morgan fingerprint density at radius 3 is 2.71 bits per heavy atom. The van der Waals surface area contributed by atoms with Gasteiger partial charge in [0.25, 0.3) is 0 Å². The van der Waals surface area contributed by atoms with Gasteiger partial charge in [-0.25, -0.2) is 0 Å². The summed E-state index contributed by atoms with van der Waals surface area (Å²) >= 11 is 0. The van der Waals surface area contributed by atoms with Crippen molar-refractivity contribution in [3.8, 4) is 0 Å². The highest BCUT2D eigenvalue weighted by atomic mass is 16.1. The van der Waals surface area contributed by atoms with E-state index in [9.17, 15) is 4.79 Å². The van der Waals surface area contributed by atoms with Crippen LogP contribution in [0.5, 0.6) is 0 Å². The Labute approximate surface area is 86.9 Å². The molecule has 0 fully saturated rings. The van der Waals surface area contributed by atoms with Crippen molar-refractivity contribution >= 4 is 5.78 Å². The molecule has 0 saturated heterocycles. The Balaban J connectivity index is 2.97. The summed E-state index contributed by atoms with van der Waals surface area (Å²) in [6.45, 7) is 8.35. The summed E-state index contributed by atoms with van der Waals surface area (Å²) in [5.41, 5.74) is 1.36. The summed E-state index contributed by atoms with van der Waals surface area (Å²) in [7, 11) is 0. The molecule has 0 aromatic carbocycles. The van der Waals surface area contributed by atoms with Gasteiger partial charge in [-0.1, -0.05) is 31.6 Å². The second-order valence-electron chi connectivity index (χ2n) is 4.81. The van der Waals surface area contributed by atoms with Gasteiger partial charge in [0, 0.05) is 5.92 Å². The molecule has 0 bridgehead atoms. The molecule has 0 unspecified atom stereocenters. The fraction of sp³-hybridized carbons (Fsp3) is 0.615. The van der Waals surface area contributed by atoms with Gasteiger partial charge in [-0.05, 0) is 38.2 Å². The molecule has 1 nitrogen and oxygen atoms in total. The lowest BCUT2D eigenvalue weighted by Gasteiger charge is -2.36. The zero-order valence-corrected chi connectivity index (χ0v) is 9.63. The van der Waals surface area contributed by atoms with Gasteiger partial charge in [0.15, 0.2) is 5.78 Å². The molecule has 0 N–H and O–H groups in total. The lowest BCUT2D eigenvalue weighted by atomic mass is 9.67. The summed E-state index contributed by atoms with van der Waals surface area (Å²) in [5, 5.41) is 0. The molecule has 1 atom stereocenters. The highest BCUT2D eigenvalue weighted by molar-refractivity contribution is 5.94. The summed E-state index contributed by atoms with van der Waals surface area (Å²) in [6.07, 6.45) is 7.96. The Kier molecular flexibility index (Phi) is 3.30. The predicted molar refractivity (Wildman–Crippen MR) is 60.1 cm³/mol. The van der Waals surface area contributed by atoms with Crippen LogP contribution in [0.1, 0.15) is 40.5 Å². The molecule has 0 radical (unpaired) electrons. The summed E-state index contributed by atoms with van der Waals surface area (Å²) in [4.78, 5) is 11.9. The van der Waals surface area contributed by atoms with E-state index in [2.05, 4.69) is 26.8 Å². The van der Waals surface area contributed by atoms with E-state index in [0.717, 1.165) is 12.8 Å². The van der Waals surface area contributed by atoms with Crippen molar-refractivity contribution in [1.29, 1.82) is 0 Å². The third-order valence-electron chi connectivity index (χ3n) is 3.11. The maximum atomic E-state index is 11.9. The van der Waals surface area contributed by atoms with Crippen LogP contribution in [0.25, 0.3) is 0 Å². The molecule has 78 valence electrons. The molecule has 1 aliphatic carbocycles. The maximum Gasteiger partial charge on any atom is 0.162 e. The van der Waals surface area contributed by atoms with Gasteiger partial charge in [0.05, 0.1) is 0 Å². The van der Waals surface area contributed by atoms with Crippen LogP contribution in [0, 0.1) is 11.3 Å². The molecular formula is C13H20O. The van der Waals surface area contributed by atoms with Crippen molar-refractivity contribution in [2.45, 2.75) is 40.5 Å². The van der Waals surface area contributed by atoms with Crippen molar-refractivity contribution in [2.75, 3.05) is 0 Å². The first-order valence-electron chi connectivity index (χ1n) is 5.32. The van der Waals surface area contributed by atoms with E-state index in [1.165, 1.54) is 5.57 Å². The summed E-state index contributed by atoms with van der Waals surface area (Å²) in [5.74, 6) is 0.346. The molecule has 0 saturated carbocycles. The van der Waals surface area contributed by atoms with E-state index in [-0.39, 0.29) is 17.1 Å². The Bertz CT molecular complexity index is 282. The van der Waals surface area contributed by atoms with E-state index in [4.69, 9.17) is 0 Å². The average Bonchev–Trinajstić information content (AvgIpc) is 2.02. The first-order valence-corrected chi connectivity index (χ1v) is 5.32. The lowest BCUT2D eigenvalue weighted by molar-refractivity contribution is -0.120. The van der Waals surface area contributed by atoms with Crippen LogP contribution in [-0.4, -0.2) is 5.78 Å². The molecular weight excluding hydrogens is 172 g/mol. The topological polar surface area (TPSA) is 17.1 Å². The number of hydrogen-bond donors (Lipinski definition) is 0. The molecule has 0 amide bonds. The van der Waals surface area contributed by atoms with Gasteiger partial charge in [-0.3, -0.25) is 4.79 Å². The Hall–Kier alpha value is -0.850. The van der Waals surface area contributed by atoms with E-state index < -0.39 is 0 Å². The zero-order valence-electron chi connectivity index (χ0n) is 9.63. The van der Waals surface area contributed by atoms with Gasteiger partial charge in [0.2, 0.25) is 0 Å². The van der Waals surface area contributed by atoms with Crippen LogP contribution in [0.3, 0.4) is 0 Å². The monoisotopic (exact) mass is 192 g/mol. The van der Waals surface area contributed by atoms with Crippen LogP contribution in [0.4, 0.5) is 0 Å². The predicted octanol–water partition coefficient (Wildman–Crippen LogP) is 3.51. The highest BCUT2D eigenvalue weighted by Gasteiger charge is 2.36. The van der Waals surface area contributed by atoms with Crippen LogP contribution in [-0.2, 0) is 4.79 Å². The van der Waals surface area contributed by atoms with E-state index in [1.54, 1.807) is 6.08 Å². The van der Waals surface area contributed by atoms with Gasteiger partial charge in [0.1, 0.15) is 0 Å². The SMILES string of the molecule is CC=CC(=O)[C@@H]1C(C)=CCCC1(C)C. The van der Waals surface area contributed by atoms with Crippen LogP contribution in [0.2, 0.25) is 0 Å².